The van der Waals surface area contributed by atoms with Crippen LogP contribution in [0.15, 0.2) is 15.9 Å². The van der Waals surface area contributed by atoms with E-state index in [1.54, 1.807) is 25.0 Å². The summed E-state index contributed by atoms with van der Waals surface area (Å²) in [4.78, 5) is 31.6. The maximum Gasteiger partial charge on any atom is 0.332 e. The van der Waals surface area contributed by atoms with Crippen molar-refractivity contribution in [1.29, 1.82) is 0 Å². The molecular weight excluding hydrogens is 437 g/mol. The molecule has 0 atom stereocenters. The quantitative estimate of drug-likeness (QED) is 0.275. The maximum absolute atomic E-state index is 12.7. The van der Waals surface area contributed by atoms with Gasteiger partial charge in [-0.25, -0.2) is 9.78 Å². The van der Waals surface area contributed by atoms with E-state index in [0.29, 0.717) is 29.5 Å². The van der Waals surface area contributed by atoms with Gasteiger partial charge >= 0.3 is 5.69 Å². The number of alkyl halides is 2. The number of nitrogens with zero attached hydrogens (tertiary/aromatic N) is 5. The first-order valence-electron chi connectivity index (χ1n) is 11.5. The van der Waals surface area contributed by atoms with Crippen molar-refractivity contribution in [3.8, 4) is 0 Å². The number of fused-ring (bicyclic) bond motifs is 1. The molecule has 9 heteroatoms. The summed E-state index contributed by atoms with van der Waals surface area (Å²) in [6.07, 6.45) is 12.0. The number of rotatable bonds is 16. The third kappa shape index (κ3) is 7.65. The van der Waals surface area contributed by atoms with Crippen molar-refractivity contribution >= 4 is 34.4 Å². The van der Waals surface area contributed by atoms with Crippen molar-refractivity contribution in [2.45, 2.75) is 64.3 Å². The van der Waals surface area contributed by atoms with Crippen LogP contribution in [-0.4, -0.2) is 55.0 Å². The molecule has 2 heterocycles. The van der Waals surface area contributed by atoms with Gasteiger partial charge in [-0.15, -0.1) is 23.2 Å². The average molecular weight is 474 g/mol. The van der Waals surface area contributed by atoms with Gasteiger partial charge in [0.2, 0.25) is 0 Å². The van der Waals surface area contributed by atoms with Gasteiger partial charge in [0.05, 0.1) is 6.33 Å². The van der Waals surface area contributed by atoms with E-state index in [9.17, 15) is 9.59 Å². The summed E-state index contributed by atoms with van der Waals surface area (Å²) in [5.41, 5.74) is 0.399. The zero-order chi connectivity index (χ0) is 22.6. The van der Waals surface area contributed by atoms with Gasteiger partial charge in [0, 0.05) is 45.5 Å². The fourth-order valence-corrected chi connectivity index (χ4v) is 4.49. The summed E-state index contributed by atoms with van der Waals surface area (Å²) < 4.78 is 4.49. The van der Waals surface area contributed by atoms with Crippen LogP contribution in [-0.2, 0) is 20.6 Å². The number of aryl methyl sites for hydroxylation is 2. The lowest BCUT2D eigenvalue weighted by Gasteiger charge is -2.19. The van der Waals surface area contributed by atoms with Crippen molar-refractivity contribution < 1.29 is 0 Å². The molecule has 2 aromatic heterocycles. The molecule has 0 spiro atoms. The first-order valence-corrected chi connectivity index (χ1v) is 12.5. The maximum atomic E-state index is 12.7. The van der Waals surface area contributed by atoms with E-state index in [0.717, 1.165) is 38.9 Å². The highest BCUT2D eigenvalue weighted by atomic mass is 35.5. The minimum atomic E-state index is -0.285. The lowest BCUT2D eigenvalue weighted by atomic mass is 10.1. The molecule has 0 saturated carbocycles. The molecular formula is C22H37Cl2N5O2. The van der Waals surface area contributed by atoms with E-state index in [4.69, 9.17) is 23.2 Å². The number of hydrogen-bond acceptors (Lipinski definition) is 4. The van der Waals surface area contributed by atoms with Crippen molar-refractivity contribution in [3.05, 3.63) is 27.2 Å². The van der Waals surface area contributed by atoms with Gasteiger partial charge in [-0.05, 0) is 19.4 Å². The van der Waals surface area contributed by atoms with Gasteiger partial charge in [-0.3, -0.25) is 13.9 Å². The molecule has 0 amide bonds. The average Bonchev–Trinajstić information content (AvgIpc) is 3.14. The van der Waals surface area contributed by atoms with E-state index >= 15 is 0 Å². The van der Waals surface area contributed by atoms with Crippen molar-refractivity contribution in [3.63, 3.8) is 0 Å². The van der Waals surface area contributed by atoms with E-state index < -0.39 is 0 Å². The number of halogens is 2. The molecule has 0 saturated heterocycles. The normalized spacial score (nSPS) is 11.8. The zero-order valence-corrected chi connectivity index (χ0v) is 20.5. The molecule has 0 aliphatic carbocycles. The number of unbranched alkanes of at least 4 members (excludes halogenated alkanes) is 8. The topological polar surface area (TPSA) is 65.1 Å². The Bertz CT molecular complexity index is 900. The second-order valence-electron chi connectivity index (χ2n) is 8.23. The summed E-state index contributed by atoms with van der Waals surface area (Å²) in [5, 5.41) is 0. The molecule has 0 N–H and O–H groups in total. The Morgan fingerprint density at radius 3 is 1.97 bits per heavy atom. The Morgan fingerprint density at radius 2 is 1.39 bits per heavy atom. The minimum Gasteiger partial charge on any atom is -0.328 e. The molecule has 176 valence electrons. The molecule has 0 aromatic carbocycles. The van der Waals surface area contributed by atoms with Gasteiger partial charge in [-0.2, -0.15) is 0 Å². The highest BCUT2D eigenvalue weighted by molar-refractivity contribution is 6.18. The first-order chi connectivity index (χ1) is 15.0. The second-order valence-corrected chi connectivity index (χ2v) is 8.98. The van der Waals surface area contributed by atoms with Crippen LogP contribution in [0.2, 0.25) is 0 Å². The van der Waals surface area contributed by atoms with Crippen LogP contribution in [0.1, 0.15) is 57.8 Å². The Balaban J connectivity index is 1.60. The van der Waals surface area contributed by atoms with Gasteiger partial charge in [0.1, 0.15) is 0 Å². The molecule has 0 aliphatic heterocycles. The third-order valence-corrected chi connectivity index (χ3v) is 6.20. The molecule has 2 aromatic rings. The SMILES string of the molecule is Cn1cnc2c1c(=O)n(CCCCCCCCCCCN(CCCl)CCCl)c(=O)n2C. The number of imidazole rings is 1. The Labute approximate surface area is 195 Å². The van der Waals surface area contributed by atoms with Gasteiger partial charge in [0.15, 0.2) is 11.2 Å². The fourth-order valence-electron chi connectivity index (χ4n) is 4.01. The van der Waals surface area contributed by atoms with Gasteiger partial charge in [-0.1, -0.05) is 44.9 Å². The molecule has 31 heavy (non-hydrogen) atoms. The van der Waals surface area contributed by atoms with Crippen molar-refractivity contribution in [1.82, 2.24) is 23.6 Å². The number of hydrogen-bond donors (Lipinski definition) is 0. The van der Waals surface area contributed by atoms with Gasteiger partial charge in [0.25, 0.3) is 5.56 Å². The summed E-state index contributed by atoms with van der Waals surface area (Å²) in [5.74, 6) is 1.33. The molecule has 0 unspecified atom stereocenters. The van der Waals surface area contributed by atoms with E-state index in [-0.39, 0.29) is 11.2 Å². The molecule has 0 bridgehead atoms. The monoisotopic (exact) mass is 473 g/mol. The van der Waals surface area contributed by atoms with Crippen LogP contribution in [0, 0.1) is 0 Å². The predicted octanol–water partition coefficient (Wildman–Crippen LogP) is 3.72. The largest absolute Gasteiger partial charge is 0.332 e. The number of aromatic nitrogens is 4. The van der Waals surface area contributed by atoms with E-state index in [1.807, 2.05) is 0 Å². The lowest BCUT2D eigenvalue weighted by molar-refractivity contribution is 0.298. The molecule has 0 radical (unpaired) electrons. The van der Waals surface area contributed by atoms with E-state index in [2.05, 4.69) is 9.88 Å². The van der Waals surface area contributed by atoms with Crippen LogP contribution in [0.3, 0.4) is 0 Å². The highest BCUT2D eigenvalue weighted by Gasteiger charge is 2.14. The lowest BCUT2D eigenvalue weighted by Crippen LogP contribution is -2.39. The van der Waals surface area contributed by atoms with Crippen LogP contribution in [0.4, 0.5) is 0 Å². The zero-order valence-electron chi connectivity index (χ0n) is 19.0. The molecule has 0 fully saturated rings. The fraction of sp³-hybridized carbons (Fsp3) is 0.773. The van der Waals surface area contributed by atoms with Crippen LogP contribution >= 0.6 is 23.2 Å². The van der Waals surface area contributed by atoms with Crippen LogP contribution in [0.25, 0.3) is 11.2 Å². The van der Waals surface area contributed by atoms with Crippen LogP contribution < -0.4 is 11.2 Å². The van der Waals surface area contributed by atoms with Crippen LogP contribution in [0.5, 0.6) is 0 Å². The minimum absolute atomic E-state index is 0.242. The second kappa shape index (κ2) is 14.0. The summed E-state index contributed by atoms with van der Waals surface area (Å²) >= 11 is 11.7. The molecule has 0 aliphatic rings. The summed E-state index contributed by atoms with van der Waals surface area (Å²) in [6.45, 7) is 3.39. The predicted molar refractivity (Wildman–Crippen MR) is 130 cm³/mol. The highest BCUT2D eigenvalue weighted by Crippen LogP contribution is 2.11. The smallest absolute Gasteiger partial charge is 0.328 e. The summed E-state index contributed by atoms with van der Waals surface area (Å²) in [6, 6.07) is 0. The van der Waals surface area contributed by atoms with Crippen molar-refractivity contribution in [2.24, 2.45) is 14.1 Å². The third-order valence-electron chi connectivity index (χ3n) is 5.86. The Kier molecular flexibility index (Phi) is 11.7. The standard InChI is InChI=1S/C22H37Cl2N5O2/c1-26-18-25-20-19(26)21(30)29(22(31)27(20)2)15-11-9-7-5-3-4-6-8-10-14-28(16-12-23)17-13-24/h18H,3-17H2,1-2H3. The Morgan fingerprint density at radius 1 is 0.839 bits per heavy atom. The molecule has 7 nitrogen and oxygen atoms in total. The van der Waals surface area contributed by atoms with E-state index in [1.165, 1.54) is 47.7 Å². The first kappa shape index (κ1) is 25.9. The summed E-state index contributed by atoms with van der Waals surface area (Å²) in [7, 11) is 3.45. The molecule has 2 rings (SSSR count). The van der Waals surface area contributed by atoms with Crippen molar-refractivity contribution in [2.75, 3.05) is 31.4 Å². The Hall–Kier alpha value is -1.31. The van der Waals surface area contributed by atoms with Gasteiger partial charge < -0.3 is 9.47 Å².